The van der Waals surface area contributed by atoms with Gasteiger partial charge in [-0.05, 0) is 24.3 Å². The van der Waals surface area contributed by atoms with Crippen molar-refractivity contribution in [3.8, 4) is 17.1 Å². The Kier molecular flexibility index (Phi) is 3.01. The second-order valence-electron chi connectivity index (χ2n) is 3.27. The van der Waals surface area contributed by atoms with Gasteiger partial charge in [-0.1, -0.05) is 0 Å². The second-order valence-corrected chi connectivity index (χ2v) is 4.85. The van der Waals surface area contributed by atoms with Gasteiger partial charge >= 0.3 is 10.1 Å². The molecule has 0 fully saturated rings. The van der Waals surface area contributed by atoms with Gasteiger partial charge in [-0.2, -0.15) is 8.42 Å². The SMILES string of the molecule is CS(=O)(=O)Oc1ccc(-c2ncncn2)cc1. The van der Waals surface area contributed by atoms with Crippen LogP contribution in [0.15, 0.2) is 36.9 Å². The van der Waals surface area contributed by atoms with E-state index in [1.54, 1.807) is 24.3 Å². The van der Waals surface area contributed by atoms with Crippen LogP contribution in [-0.4, -0.2) is 29.6 Å². The first kappa shape index (κ1) is 11.5. The van der Waals surface area contributed by atoms with Crippen LogP contribution in [0.4, 0.5) is 0 Å². The highest BCUT2D eigenvalue weighted by Crippen LogP contribution is 2.19. The van der Waals surface area contributed by atoms with E-state index in [1.807, 2.05) is 0 Å². The van der Waals surface area contributed by atoms with Crippen molar-refractivity contribution in [2.75, 3.05) is 6.26 Å². The van der Waals surface area contributed by atoms with Gasteiger partial charge in [-0.15, -0.1) is 0 Å². The van der Waals surface area contributed by atoms with Crippen LogP contribution < -0.4 is 4.18 Å². The lowest BCUT2D eigenvalue weighted by Crippen LogP contribution is -2.05. The lowest BCUT2D eigenvalue weighted by atomic mass is 10.2. The molecule has 0 aliphatic heterocycles. The molecular weight excluding hydrogens is 242 g/mol. The molecule has 0 spiro atoms. The maximum absolute atomic E-state index is 10.9. The zero-order chi connectivity index (χ0) is 12.3. The predicted molar refractivity (Wildman–Crippen MR) is 60.7 cm³/mol. The van der Waals surface area contributed by atoms with Crippen LogP contribution in [0.1, 0.15) is 0 Å². The summed E-state index contributed by atoms with van der Waals surface area (Å²) in [6.07, 6.45) is 3.78. The van der Waals surface area contributed by atoms with Crippen LogP contribution in [0.25, 0.3) is 11.4 Å². The van der Waals surface area contributed by atoms with Crippen LogP contribution >= 0.6 is 0 Å². The molecular formula is C10H9N3O3S. The summed E-state index contributed by atoms with van der Waals surface area (Å²) in [6.45, 7) is 0. The van der Waals surface area contributed by atoms with Gasteiger partial charge in [-0.3, -0.25) is 0 Å². The van der Waals surface area contributed by atoms with Crippen molar-refractivity contribution in [3.63, 3.8) is 0 Å². The number of aromatic nitrogens is 3. The van der Waals surface area contributed by atoms with E-state index in [9.17, 15) is 8.42 Å². The van der Waals surface area contributed by atoms with E-state index in [2.05, 4.69) is 15.0 Å². The smallest absolute Gasteiger partial charge is 0.306 e. The highest BCUT2D eigenvalue weighted by atomic mass is 32.2. The molecule has 2 aromatic rings. The molecule has 0 amide bonds. The molecule has 1 aromatic carbocycles. The molecule has 0 unspecified atom stereocenters. The molecule has 0 radical (unpaired) electrons. The topological polar surface area (TPSA) is 82.0 Å². The number of nitrogens with zero attached hydrogens (tertiary/aromatic N) is 3. The van der Waals surface area contributed by atoms with E-state index in [1.165, 1.54) is 12.7 Å². The lowest BCUT2D eigenvalue weighted by molar-refractivity contribution is 0.493. The molecule has 0 bridgehead atoms. The molecule has 0 aliphatic carbocycles. The van der Waals surface area contributed by atoms with E-state index < -0.39 is 10.1 Å². The van der Waals surface area contributed by atoms with Crippen molar-refractivity contribution in [1.29, 1.82) is 0 Å². The van der Waals surface area contributed by atoms with Gasteiger partial charge < -0.3 is 4.18 Å². The molecule has 2 rings (SSSR count). The van der Waals surface area contributed by atoms with Crippen LogP contribution in [0, 0.1) is 0 Å². The summed E-state index contributed by atoms with van der Waals surface area (Å²) < 4.78 is 26.5. The van der Waals surface area contributed by atoms with E-state index in [0.717, 1.165) is 11.8 Å². The Balaban J connectivity index is 2.25. The summed E-state index contributed by atoms with van der Waals surface area (Å²) in [5, 5.41) is 0. The molecule has 88 valence electrons. The van der Waals surface area contributed by atoms with E-state index in [-0.39, 0.29) is 5.75 Å². The Hall–Kier alpha value is -2.02. The van der Waals surface area contributed by atoms with Crippen LogP contribution in [0.5, 0.6) is 5.75 Å². The minimum atomic E-state index is -3.50. The lowest BCUT2D eigenvalue weighted by Gasteiger charge is -2.03. The molecule has 0 atom stereocenters. The highest BCUT2D eigenvalue weighted by molar-refractivity contribution is 7.86. The largest absolute Gasteiger partial charge is 0.383 e. The third kappa shape index (κ3) is 3.22. The molecule has 0 saturated carbocycles. The van der Waals surface area contributed by atoms with Crippen molar-refractivity contribution in [3.05, 3.63) is 36.9 Å². The molecule has 0 saturated heterocycles. The maximum Gasteiger partial charge on any atom is 0.306 e. The normalized spacial score (nSPS) is 11.1. The summed E-state index contributed by atoms with van der Waals surface area (Å²) in [5.74, 6) is 0.774. The summed E-state index contributed by atoms with van der Waals surface area (Å²) in [7, 11) is -3.50. The van der Waals surface area contributed by atoms with Crippen molar-refractivity contribution in [1.82, 2.24) is 15.0 Å². The molecule has 6 nitrogen and oxygen atoms in total. The monoisotopic (exact) mass is 251 g/mol. The molecule has 0 aliphatic rings. The Morgan fingerprint density at radius 3 is 2.18 bits per heavy atom. The first-order valence-corrected chi connectivity index (χ1v) is 6.48. The van der Waals surface area contributed by atoms with Crippen molar-refractivity contribution in [2.24, 2.45) is 0 Å². The summed E-state index contributed by atoms with van der Waals surface area (Å²) in [4.78, 5) is 11.7. The Labute approximate surface area is 98.5 Å². The number of hydrogen-bond acceptors (Lipinski definition) is 6. The predicted octanol–water partition coefficient (Wildman–Crippen LogP) is 0.877. The Morgan fingerprint density at radius 2 is 1.65 bits per heavy atom. The molecule has 1 aromatic heterocycles. The fourth-order valence-corrected chi connectivity index (χ4v) is 1.68. The summed E-state index contributed by atoms with van der Waals surface area (Å²) in [6, 6.07) is 6.44. The molecule has 0 N–H and O–H groups in total. The highest BCUT2D eigenvalue weighted by Gasteiger charge is 2.05. The fraction of sp³-hybridized carbons (Fsp3) is 0.100. The molecule has 17 heavy (non-hydrogen) atoms. The van der Waals surface area contributed by atoms with Crippen molar-refractivity contribution >= 4 is 10.1 Å². The molecule has 1 heterocycles. The zero-order valence-electron chi connectivity index (χ0n) is 8.94. The minimum absolute atomic E-state index is 0.255. The molecule has 7 heteroatoms. The van der Waals surface area contributed by atoms with E-state index in [4.69, 9.17) is 4.18 Å². The second kappa shape index (κ2) is 4.46. The summed E-state index contributed by atoms with van der Waals surface area (Å²) >= 11 is 0. The van der Waals surface area contributed by atoms with Gasteiger partial charge in [0.1, 0.15) is 18.4 Å². The maximum atomic E-state index is 10.9. The average Bonchev–Trinajstić information content (AvgIpc) is 2.29. The standard InChI is InChI=1S/C10H9N3O3S/c1-17(14,15)16-9-4-2-8(3-5-9)10-12-6-11-7-13-10/h2-7H,1H3. The Morgan fingerprint density at radius 1 is 1.06 bits per heavy atom. The number of benzene rings is 1. The first-order valence-electron chi connectivity index (χ1n) is 4.66. The third-order valence-electron chi connectivity index (χ3n) is 1.85. The van der Waals surface area contributed by atoms with Gasteiger partial charge in [-0.25, -0.2) is 15.0 Å². The minimum Gasteiger partial charge on any atom is -0.383 e. The van der Waals surface area contributed by atoms with Gasteiger partial charge in [0.05, 0.1) is 6.26 Å². The van der Waals surface area contributed by atoms with E-state index >= 15 is 0 Å². The zero-order valence-corrected chi connectivity index (χ0v) is 9.76. The quantitative estimate of drug-likeness (QED) is 0.753. The van der Waals surface area contributed by atoms with Crippen LogP contribution in [0.2, 0.25) is 0 Å². The summed E-state index contributed by atoms with van der Waals surface area (Å²) in [5.41, 5.74) is 0.758. The first-order chi connectivity index (χ1) is 8.04. The van der Waals surface area contributed by atoms with E-state index in [0.29, 0.717) is 5.82 Å². The van der Waals surface area contributed by atoms with Gasteiger partial charge in [0.2, 0.25) is 0 Å². The van der Waals surface area contributed by atoms with Crippen molar-refractivity contribution < 1.29 is 12.6 Å². The van der Waals surface area contributed by atoms with Gasteiger partial charge in [0.15, 0.2) is 5.82 Å². The number of rotatable bonds is 3. The van der Waals surface area contributed by atoms with Gasteiger partial charge in [0, 0.05) is 5.56 Å². The Bertz CT molecular complexity index is 596. The third-order valence-corrected chi connectivity index (χ3v) is 2.35. The van der Waals surface area contributed by atoms with Gasteiger partial charge in [0.25, 0.3) is 0 Å². The van der Waals surface area contributed by atoms with Crippen molar-refractivity contribution in [2.45, 2.75) is 0 Å². The number of hydrogen-bond donors (Lipinski definition) is 0. The fourth-order valence-electron chi connectivity index (χ4n) is 1.22. The average molecular weight is 251 g/mol. The van der Waals surface area contributed by atoms with Crippen LogP contribution in [0.3, 0.4) is 0 Å². The van der Waals surface area contributed by atoms with Crippen LogP contribution in [-0.2, 0) is 10.1 Å².